The molecule has 96 valence electrons. The van der Waals surface area contributed by atoms with E-state index in [4.69, 9.17) is 0 Å². The molecule has 2 fully saturated rings. The Morgan fingerprint density at radius 1 is 1.33 bits per heavy atom. The monoisotopic (exact) mass is 245 g/mol. The minimum absolute atomic E-state index is 0.233. The summed E-state index contributed by atoms with van der Waals surface area (Å²) in [6, 6.07) is 6.76. The number of aromatic nitrogens is 1. The van der Waals surface area contributed by atoms with Gasteiger partial charge in [-0.3, -0.25) is 9.78 Å². The molecule has 0 aliphatic carbocycles. The minimum Gasteiger partial charge on any atom is -0.338 e. The van der Waals surface area contributed by atoms with Gasteiger partial charge in [0.05, 0.1) is 6.42 Å². The molecule has 0 aromatic carbocycles. The number of rotatable bonds is 2. The van der Waals surface area contributed by atoms with E-state index < -0.39 is 0 Å². The van der Waals surface area contributed by atoms with E-state index in [-0.39, 0.29) is 5.91 Å². The van der Waals surface area contributed by atoms with E-state index in [2.05, 4.69) is 21.8 Å². The smallest absolute Gasteiger partial charge is 0.228 e. The molecule has 0 radical (unpaired) electrons. The number of likely N-dealkylation sites (N-methyl/N-ethyl adjacent to an activating group) is 1. The first-order valence-electron chi connectivity index (χ1n) is 6.65. The molecule has 3 heterocycles. The molecular weight excluding hydrogens is 226 g/mol. The lowest BCUT2D eigenvalue weighted by atomic mass is 10.1. The number of hydrogen-bond donors (Lipinski definition) is 0. The van der Waals surface area contributed by atoms with Crippen LogP contribution in [0.5, 0.6) is 0 Å². The standard InChI is InChI=1S/C14H19N3O/c1-16-8-5-13-12(16)6-9-17(13)14(18)10-11-4-2-3-7-15-11/h2-4,7,12-13H,5-6,8-10H2,1H3/t12?,13-/m1/s1. The lowest BCUT2D eigenvalue weighted by Crippen LogP contribution is -2.39. The fourth-order valence-electron chi connectivity index (χ4n) is 3.27. The molecule has 0 bridgehead atoms. The maximum absolute atomic E-state index is 12.3. The highest BCUT2D eigenvalue weighted by atomic mass is 16.2. The van der Waals surface area contributed by atoms with Crippen LogP contribution in [0.4, 0.5) is 0 Å². The van der Waals surface area contributed by atoms with Gasteiger partial charge < -0.3 is 9.80 Å². The molecule has 3 rings (SSSR count). The number of pyridine rings is 1. The van der Waals surface area contributed by atoms with E-state index in [0.29, 0.717) is 18.5 Å². The van der Waals surface area contributed by atoms with Crippen LogP contribution in [0.3, 0.4) is 0 Å². The van der Waals surface area contributed by atoms with Crippen molar-refractivity contribution in [1.29, 1.82) is 0 Å². The third kappa shape index (κ3) is 2.01. The van der Waals surface area contributed by atoms with Gasteiger partial charge in [-0.15, -0.1) is 0 Å². The summed E-state index contributed by atoms with van der Waals surface area (Å²) in [7, 11) is 2.16. The van der Waals surface area contributed by atoms with Crippen molar-refractivity contribution in [1.82, 2.24) is 14.8 Å². The lowest BCUT2D eigenvalue weighted by Gasteiger charge is -2.24. The van der Waals surface area contributed by atoms with E-state index in [1.54, 1.807) is 6.20 Å². The van der Waals surface area contributed by atoms with Crippen LogP contribution in [0.2, 0.25) is 0 Å². The molecule has 4 heteroatoms. The fraction of sp³-hybridized carbons (Fsp3) is 0.571. The van der Waals surface area contributed by atoms with Gasteiger partial charge in [0.15, 0.2) is 0 Å². The van der Waals surface area contributed by atoms with Gasteiger partial charge in [0, 0.05) is 37.1 Å². The molecule has 1 unspecified atom stereocenters. The van der Waals surface area contributed by atoms with Crippen LogP contribution >= 0.6 is 0 Å². The van der Waals surface area contributed by atoms with Crippen LogP contribution in [0.15, 0.2) is 24.4 Å². The Balaban J connectivity index is 1.67. The predicted octanol–water partition coefficient (Wildman–Crippen LogP) is 0.929. The number of fused-ring (bicyclic) bond motifs is 1. The minimum atomic E-state index is 0.233. The average Bonchev–Trinajstić information content (AvgIpc) is 2.94. The number of carbonyl (C=O) groups is 1. The first-order chi connectivity index (χ1) is 8.75. The first kappa shape index (κ1) is 11.7. The van der Waals surface area contributed by atoms with E-state index in [1.807, 2.05) is 18.2 Å². The van der Waals surface area contributed by atoms with Crippen LogP contribution in [-0.2, 0) is 11.2 Å². The Kier molecular flexibility index (Phi) is 3.04. The predicted molar refractivity (Wildman–Crippen MR) is 69.1 cm³/mol. The highest BCUT2D eigenvalue weighted by Gasteiger charge is 2.42. The van der Waals surface area contributed by atoms with Crippen molar-refractivity contribution in [3.05, 3.63) is 30.1 Å². The van der Waals surface area contributed by atoms with Gasteiger partial charge in [-0.25, -0.2) is 0 Å². The highest BCUT2D eigenvalue weighted by molar-refractivity contribution is 5.79. The summed E-state index contributed by atoms with van der Waals surface area (Å²) in [5.41, 5.74) is 0.873. The third-order valence-electron chi connectivity index (χ3n) is 4.23. The van der Waals surface area contributed by atoms with Gasteiger partial charge in [0.2, 0.25) is 5.91 Å². The second-order valence-corrected chi connectivity index (χ2v) is 5.28. The molecule has 18 heavy (non-hydrogen) atoms. The maximum Gasteiger partial charge on any atom is 0.228 e. The summed E-state index contributed by atoms with van der Waals surface area (Å²) in [5.74, 6) is 0.233. The number of hydrogen-bond acceptors (Lipinski definition) is 3. The van der Waals surface area contributed by atoms with Gasteiger partial charge >= 0.3 is 0 Å². The van der Waals surface area contributed by atoms with Crippen LogP contribution in [0.1, 0.15) is 18.5 Å². The molecular formula is C14H19N3O. The van der Waals surface area contributed by atoms with Crippen molar-refractivity contribution >= 4 is 5.91 Å². The summed E-state index contributed by atoms with van der Waals surface area (Å²) in [4.78, 5) is 21.0. The molecule has 0 saturated carbocycles. The Morgan fingerprint density at radius 3 is 2.94 bits per heavy atom. The number of carbonyl (C=O) groups excluding carboxylic acids is 1. The zero-order chi connectivity index (χ0) is 12.5. The van der Waals surface area contributed by atoms with Gasteiger partial charge in [0.25, 0.3) is 0 Å². The zero-order valence-electron chi connectivity index (χ0n) is 10.7. The molecule has 1 amide bonds. The van der Waals surface area contributed by atoms with Crippen molar-refractivity contribution in [3.8, 4) is 0 Å². The van der Waals surface area contributed by atoms with Gasteiger partial charge in [-0.1, -0.05) is 6.07 Å². The summed E-state index contributed by atoms with van der Waals surface area (Å²) < 4.78 is 0. The molecule has 0 N–H and O–H groups in total. The van der Waals surface area contributed by atoms with Crippen LogP contribution < -0.4 is 0 Å². The highest BCUT2D eigenvalue weighted by Crippen LogP contribution is 2.30. The van der Waals surface area contributed by atoms with Crippen molar-refractivity contribution in [3.63, 3.8) is 0 Å². The molecule has 2 saturated heterocycles. The quantitative estimate of drug-likeness (QED) is 0.777. The number of nitrogens with zero attached hydrogens (tertiary/aromatic N) is 3. The van der Waals surface area contributed by atoms with Gasteiger partial charge in [0.1, 0.15) is 0 Å². The van der Waals surface area contributed by atoms with Crippen LogP contribution in [0.25, 0.3) is 0 Å². The lowest BCUT2D eigenvalue weighted by molar-refractivity contribution is -0.131. The summed E-state index contributed by atoms with van der Waals surface area (Å²) in [6.45, 7) is 2.02. The third-order valence-corrected chi connectivity index (χ3v) is 4.23. The Hall–Kier alpha value is -1.42. The Labute approximate surface area is 108 Å². The molecule has 1 aromatic heterocycles. The van der Waals surface area contributed by atoms with E-state index in [0.717, 1.165) is 31.6 Å². The van der Waals surface area contributed by atoms with Gasteiger partial charge in [-0.05, 0) is 32.0 Å². The number of likely N-dealkylation sites (tertiary alicyclic amines) is 2. The van der Waals surface area contributed by atoms with Crippen molar-refractivity contribution in [2.75, 3.05) is 20.1 Å². The van der Waals surface area contributed by atoms with E-state index in [9.17, 15) is 4.79 Å². The normalized spacial score (nSPS) is 27.5. The first-order valence-corrected chi connectivity index (χ1v) is 6.65. The second kappa shape index (κ2) is 4.69. The molecule has 2 aliphatic rings. The zero-order valence-corrected chi connectivity index (χ0v) is 10.7. The maximum atomic E-state index is 12.3. The average molecular weight is 245 g/mol. The largest absolute Gasteiger partial charge is 0.338 e. The topological polar surface area (TPSA) is 36.4 Å². The second-order valence-electron chi connectivity index (χ2n) is 5.28. The molecule has 4 nitrogen and oxygen atoms in total. The molecule has 2 atom stereocenters. The number of amides is 1. The van der Waals surface area contributed by atoms with Gasteiger partial charge in [-0.2, -0.15) is 0 Å². The fourth-order valence-corrected chi connectivity index (χ4v) is 3.27. The Morgan fingerprint density at radius 2 is 2.17 bits per heavy atom. The molecule has 0 spiro atoms. The van der Waals surface area contributed by atoms with Crippen molar-refractivity contribution in [2.24, 2.45) is 0 Å². The van der Waals surface area contributed by atoms with Crippen molar-refractivity contribution < 1.29 is 4.79 Å². The van der Waals surface area contributed by atoms with Crippen molar-refractivity contribution in [2.45, 2.75) is 31.3 Å². The molecule has 1 aromatic rings. The van der Waals surface area contributed by atoms with E-state index in [1.165, 1.54) is 0 Å². The summed E-state index contributed by atoms with van der Waals surface area (Å²) >= 11 is 0. The molecule has 2 aliphatic heterocycles. The SMILES string of the molecule is CN1CC[C@@H]2C1CCN2C(=O)Cc1ccccn1. The summed E-state index contributed by atoms with van der Waals surface area (Å²) in [5, 5.41) is 0. The van der Waals surface area contributed by atoms with Crippen LogP contribution in [-0.4, -0.2) is 52.9 Å². The Bertz CT molecular complexity index is 434. The summed E-state index contributed by atoms with van der Waals surface area (Å²) in [6.07, 6.45) is 4.43. The van der Waals surface area contributed by atoms with E-state index >= 15 is 0 Å². The van der Waals surface area contributed by atoms with Crippen LogP contribution in [0, 0.1) is 0 Å².